The molecule has 152 valence electrons. The van der Waals surface area contributed by atoms with Crippen molar-refractivity contribution in [3.05, 3.63) is 65.4 Å². The molecule has 0 unspecified atom stereocenters. The fourth-order valence-electron chi connectivity index (χ4n) is 3.51. The minimum atomic E-state index is -0.184. The number of nitrogens with one attached hydrogen (secondary N) is 1. The fourth-order valence-corrected chi connectivity index (χ4v) is 3.51. The number of nitrogens with zero attached hydrogens (tertiary/aromatic N) is 1. The van der Waals surface area contributed by atoms with Gasteiger partial charge >= 0.3 is 0 Å². The normalized spacial score (nSPS) is 10.9. The summed E-state index contributed by atoms with van der Waals surface area (Å²) < 4.78 is 5.90. The molecule has 2 amide bonds. The number of fused-ring (bicyclic) bond motifs is 1. The third-order valence-electron chi connectivity index (χ3n) is 4.78. The van der Waals surface area contributed by atoms with E-state index in [1.807, 2.05) is 69.3 Å². The van der Waals surface area contributed by atoms with E-state index in [2.05, 4.69) is 5.32 Å². The van der Waals surface area contributed by atoms with Crippen LogP contribution in [0.15, 0.2) is 52.9 Å². The molecular weight excluding hydrogens is 364 g/mol. The Bertz CT molecular complexity index is 1000. The molecule has 0 aliphatic heterocycles. The SMILES string of the molecule is CCCN(CCC)C(=O)c1oc2ccccc2c1NC(=O)Cc1cccc(C)c1. The topological polar surface area (TPSA) is 62.6 Å². The molecular formula is C24H28N2O3. The van der Waals surface area contributed by atoms with Gasteiger partial charge in [-0.05, 0) is 37.5 Å². The number of aryl methyl sites for hydroxylation is 1. The zero-order valence-electron chi connectivity index (χ0n) is 17.3. The van der Waals surface area contributed by atoms with Crippen LogP contribution >= 0.6 is 0 Å². The molecule has 3 rings (SSSR count). The highest BCUT2D eigenvalue weighted by Crippen LogP contribution is 2.32. The number of para-hydroxylation sites is 1. The van der Waals surface area contributed by atoms with Crippen LogP contribution in [-0.4, -0.2) is 29.8 Å². The fraction of sp³-hybridized carbons (Fsp3) is 0.333. The zero-order valence-corrected chi connectivity index (χ0v) is 17.3. The van der Waals surface area contributed by atoms with E-state index in [1.54, 1.807) is 4.90 Å². The largest absolute Gasteiger partial charge is 0.449 e. The Labute approximate surface area is 171 Å². The van der Waals surface area contributed by atoms with E-state index in [1.165, 1.54) is 0 Å². The second kappa shape index (κ2) is 9.41. The van der Waals surface area contributed by atoms with E-state index in [0.29, 0.717) is 24.4 Å². The average Bonchev–Trinajstić information content (AvgIpc) is 3.05. The van der Waals surface area contributed by atoms with Gasteiger partial charge in [-0.15, -0.1) is 0 Å². The lowest BCUT2D eigenvalue weighted by atomic mass is 10.1. The standard InChI is InChI=1S/C24H28N2O3/c1-4-13-26(14-5-2)24(28)23-22(19-11-6-7-12-20(19)29-23)25-21(27)16-18-10-8-9-17(3)15-18/h6-12,15H,4-5,13-14,16H2,1-3H3,(H,25,27). The van der Waals surface area contributed by atoms with Crippen LogP contribution in [0.4, 0.5) is 5.69 Å². The lowest BCUT2D eigenvalue weighted by Gasteiger charge is -2.20. The van der Waals surface area contributed by atoms with Gasteiger partial charge in [-0.3, -0.25) is 9.59 Å². The second-order valence-electron chi connectivity index (χ2n) is 7.31. The van der Waals surface area contributed by atoms with E-state index in [0.717, 1.165) is 29.4 Å². The predicted octanol–water partition coefficient (Wildman–Crippen LogP) is 5.18. The van der Waals surface area contributed by atoms with Gasteiger partial charge in [0.2, 0.25) is 11.7 Å². The summed E-state index contributed by atoms with van der Waals surface area (Å²) in [4.78, 5) is 27.7. The molecule has 0 saturated heterocycles. The molecule has 0 radical (unpaired) electrons. The zero-order chi connectivity index (χ0) is 20.8. The number of carbonyl (C=O) groups is 2. The van der Waals surface area contributed by atoms with Gasteiger partial charge in [0, 0.05) is 18.5 Å². The Kier molecular flexibility index (Phi) is 6.70. The first-order chi connectivity index (χ1) is 14.0. The van der Waals surface area contributed by atoms with E-state index >= 15 is 0 Å². The van der Waals surface area contributed by atoms with Gasteiger partial charge in [-0.1, -0.05) is 55.8 Å². The van der Waals surface area contributed by atoms with Crippen LogP contribution in [0.5, 0.6) is 0 Å². The van der Waals surface area contributed by atoms with Crippen molar-refractivity contribution in [2.75, 3.05) is 18.4 Å². The first-order valence-electron chi connectivity index (χ1n) is 10.2. The van der Waals surface area contributed by atoms with Gasteiger partial charge in [0.15, 0.2) is 0 Å². The van der Waals surface area contributed by atoms with Crippen molar-refractivity contribution in [1.29, 1.82) is 0 Å². The number of hydrogen-bond acceptors (Lipinski definition) is 3. The molecule has 29 heavy (non-hydrogen) atoms. The smallest absolute Gasteiger partial charge is 0.291 e. The molecule has 0 atom stereocenters. The minimum Gasteiger partial charge on any atom is -0.449 e. The van der Waals surface area contributed by atoms with Gasteiger partial charge in [0.1, 0.15) is 11.3 Å². The number of amides is 2. The number of carbonyl (C=O) groups excluding carboxylic acids is 2. The first-order valence-corrected chi connectivity index (χ1v) is 10.2. The highest BCUT2D eigenvalue weighted by Gasteiger charge is 2.25. The second-order valence-corrected chi connectivity index (χ2v) is 7.31. The van der Waals surface area contributed by atoms with Gasteiger partial charge in [0.25, 0.3) is 5.91 Å². The minimum absolute atomic E-state index is 0.172. The maximum absolute atomic E-state index is 13.2. The van der Waals surface area contributed by atoms with E-state index < -0.39 is 0 Å². The van der Waals surface area contributed by atoms with Crippen molar-refractivity contribution in [2.45, 2.75) is 40.0 Å². The maximum Gasteiger partial charge on any atom is 0.291 e. The lowest BCUT2D eigenvalue weighted by Crippen LogP contribution is -2.33. The summed E-state index contributed by atoms with van der Waals surface area (Å²) in [6, 6.07) is 15.3. The molecule has 5 heteroatoms. The van der Waals surface area contributed by atoms with Gasteiger partial charge < -0.3 is 14.6 Å². The third-order valence-corrected chi connectivity index (χ3v) is 4.78. The number of furan rings is 1. The Balaban J connectivity index is 1.92. The molecule has 0 aliphatic carbocycles. The predicted molar refractivity (Wildman–Crippen MR) is 116 cm³/mol. The van der Waals surface area contributed by atoms with Crippen molar-refractivity contribution in [3.63, 3.8) is 0 Å². The number of anilines is 1. The Morgan fingerprint density at radius 3 is 2.41 bits per heavy atom. The van der Waals surface area contributed by atoms with Crippen molar-refractivity contribution in [2.24, 2.45) is 0 Å². The quantitative estimate of drug-likeness (QED) is 0.574. The molecule has 5 nitrogen and oxygen atoms in total. The molecule has 0 bridgehead atoms. The first kappa shape index (κ1) is 20.6. The van der Waals surface area contributed by atoms with Crippen LogP contribution in [0, 0.1) is 6.92 Å². The number of hydrogen-bond donors (Lipinski definition) is 1. The van der Waals surface area contributed by atoms with Crippen molar-refractivity contribution < 1.29 is 14.0 Å². The van der Waals surface area contributed by atoms with E-state index in [9.17, 15) is 9.59 Å². The van der Waals surface area contributed by atoms with Gasteiger partial charge in [0.05, 0.1) is 6.42 Å². The molecule has 1 aromatic heterocycles. The number of benzene rings is 2. The van der Waals surface area contributed by atoms with Crippen molar-refractivity contribution >= 4 is 28.5 Å². The summed E-state index contributed by atoms with van der Waals surface area (Å²) >= 11 is 0. The molecule has 2 aromatic carbocycles. The highest BCUT2D eigenvalue weighted by atomic mass is 16.3. The molecule has 1 heterocycles. The average molecular weight is 392 g/mol. The van der Waals surface area contributed by atoms with Gasteiger partial charge in [-0.25, -0.2) is 0 Å². The van der Waals surface area contributed by atoms with Crippen LogP contribution in [0.2, 0.25) is 0 Å². The Morgan fingerprint density at radius 2 is 1.72 bits per heavy atom. The van der Waals surface area contributed by atoms with E-state index in [-0.39, 0.29) is 24.0 Å². The van der Waals surface area contributed by atoms with Crippen LogP contribution in [0.25, 0.3) is 11.0 Å². The summed E-state index contributed by atoms with van der Waals surface area (Å²) in [6.45, 7) is 7.39. The monoisotopic (exact) mass is 392 g/mol. The summed E-state index contributed by atoms with van der Waals surface area (Å²) in [5.74, 6) is -0.157. The Morgan fingerprint density at radius 1 is 1.00 bits per heavy atom. The highest BCUT2D eigenvalue weighted by molar-refractivity contribution is 6.11. The van der Waals surface area contributed by atoms with Crippen LogP contribution in [0.3, 0.4) is 0 Å². The van der Waals surface area contributed by atoms with Gasteiger partial charge in [-0.2, -0.15) is 0 Å². The molecule has 1 N–H and O–H groups in total. The maximum atomic E-state index is 13.2. The third kappa shape index (κ3) is 4.86. The summed E-state index contributed by atoms with van der Waals surface area (Å²) in [5, 5.41) is 3.68. The van der Waals surface area contributed by atoms with Crippen LogP contribution in [0.1, 0.15) is 48.4 Å². The molecule has 0 aliphatic rings. The van der Waals surface area contributed by atoms with E-state index in [4.69, 9.17) is 4.42 Å². The molecule has 0 spiro atoms. The number of rotatable bonds is 8. The van der Waals surface area contributed by atoms with Crippen LogP contribution in [-0.2, 0) is 11.2 Å². The molecule has 0 saturated carbocycles. The van der Waals surface area contributed by atoms with Crippen molar-refractivity contribution in [3.8, 4) is 0 Å². The lowest BCUT2D eigenvalue weighted by molar-refractivity contribution is -0.115. The Hall–Kier alpha value is -3.08. The summed E-state index contributed by atoms with van der Waals surface area (Å²) in [6.07, 6.45) is 1.96. The summed E-state index contributed by atoms with van der Waals surface area (Å²) in [7, 11) is 0. The summed E-state index contributed by atoms with van der Waals surface area (Å²) in [5.41, 5.74) is 3.09. The molecule has 3 aromatic rings. The molecule has 0 fully saturated rings. The van der Waals surface area contributed by atoms with Crippen LogP contribution < -0.4 is 5.32 Å². The van der Waals surface area contributed by atoms with Crippen molar-refractivity contribution in [1.82, 2.24) is 4.90 Å².